The van der Waals surface area contributed by atoms with E-state index in [2.05, 4.69) is 4.74 Å². The molecule has 1 rings (SSSR count). The van der Waals surface area contributed by atoms with Gasteiger partial charge in [-0.05, 0) is 6.07 Å². The molecule has 0 heterocycles. The van der Waals surface area contributed by atoms with Gasteiger partial charge in [-0.25, -0.2) is 4.79 Å². The lowest BCUT2D eigenvalue weighted by Gasteiger charge is -2.17. The van der Waals surface area contributed by atoms with Gasteiger partial charge in [0, 0.05) is 5.56 Å². The number of rotatable bonds is 6. The number of esters is 1. The van der Waals surface area contributed by atoms with Crippen LogP contribution in [0.4, 0.5) is 0 Å². The Morgan fingerprint density at radius 1 is 1.05 bits per heavy atom. The highest BCUT2D eigenvalue weighted by Gasteiger charge is 2.25. The Hall–Kier alpha value is -2.44. The summed E-state index contributed by atoms with van der Waals surface area (Å²) in [4.78, 5) is 22.8. The van der Waals surface area contributed by atoms with Crippen molar-refractivity contribution in [3.63, 3.8) is 0 Å². The van der Waals surface area contributed by atoms with Crippen LogP contribution in [0.2, 0.25) is 0 Å². The van der Waals surface area contributed by atoms with E-state index in [1.54, 1.807) is 0 Å². The monoisotopic (exact) mass is 284 g/mol. The zero-order valence-corrected chi connectivity index (χ0v) is 11.7. The second-order valence-electron chi connectivity index (χ2n) is 3.73. The number of aromatic carboxylic acids is 1. The van der Waals surface area contributed by atoms with Crippen LogP contribution in [0, 0.1) is 0 Å². The Kier molecular flexibility index (Phi) is 5.19. The van der Waals surface area contributed by atoms with E-state index in [0.29, 0.717) is 0 Å². The molecule has 0 aromatic heterocycles. The predicted octanol–water partition coefficient (Wildman–Crippen LogP) is 1.13. The lowest BCUT2D eigenvalue weighted by Crippen LogP contribution is -2.13. The summed E-state index contributed by atoms with van der Waals surface area (Å²) >= 11 is 0. The number of benzene rings is 1. The summed E-state index contributed by atoms with van der Waals surface area (Å²) in [6.45, 7) is 0. The van der Waals surface area contributed by atoms with Crippen LogP contribution >= 0.6 is 0 Å². The second-order valence-corrected chi connectivity index (χ2v) is 3.73. The highest BCUT2D eigenvalue weighted by Crippen LogP contribution is 2.42. The first-order valence-electron chi connectivity index (χ1n) is 5.62. The van der Waals surface area contributed by atoms with Crippen LogP contribution in [0.15, 0.2) is 6.07 Å². The molecule has 0 saturated carbocycles. The third-order valence-electron chi connectivity index (χ3n) is 2.71. The minimum Gasteiger partial charge on any atom is -0.493 e. The molecule has 0 bridgehead atoms. The number of hydrogen-bond donors (Lipinski definition) is 1. The molecule has 20 heavy (non-hydrogen) atoms. The Morgan fingerprint density at radius 2 is 1.65 bits per heavy atom. The highest BCUT2D eigenvalue weighted by atomic mass is 16.5. The molecule has 0 aliphatic heterocycles. The maximum atomic E-state index is 11.4. The maximum Gasteiger partial charge on any atom is 0.336 e. The van der Waals surface area contributed by atoms with Gasteiger partial charge in [0.05, 0.1) is 40.4 Å². The third-order valence-corrected chi connectivity index (χ3v) is 2.71. The first kappa shape index (κ1) is 15.6. The summed E-state index contributed by atoms with van der Waals surface area (Å²) in [6.07, 6.45) is -0.248. The van der Waals surface area contributed by atoms with Gasteiger partial charge in [0.25, 0.3) is 0 Å². The topological polar surface area (TPSA) is 91.3 Å². The average Bonchev–Trinajstić information content (AvgIpc) is 2.45. The smallest absolute Gasteiger partial charge is 0.336 e. The molecule has 1 aromatic rings. The van der Waals surface area contributed by atoms with Crippen molar-refractivity contribution in [3.8, 4) is 17.2 Å². The lowest BCUT2D eigenvalue weighted by atomic mass is 10.0. The van der Waals surface area contributed by atoms with Crippen LogP contribution in [-0.2, 0) is 16.0 Å². The fourth-order valence-corrected chi connectivity index (χ4v) is 1.80. The van der Waals surface area contributed by atoms with Crippen molar-refractivity contribution >= 4 is 11.9 Å². The van der Waals surface area contributed by atoms with Crippen molar-refractivity contribution in [1.82, 2.24) is 0 Å². The Bertz CT molecular complexity index is 522. The largest absolute Gasteiger partial charge is 0.493 e. The standard InChI is InChI=1S/C13H16O7/c1-17-9-5-8(13(15)16)7(6-10(14)18-2)11(19-3)12(9)20-4/h5H,6H2,1-4H3,(H,15,16). The van der Waals surface area contributed by atoms with E-state index in [-0.39, 0.29) is 34.8 Å². The first-order chi connectivity index (χ1) is 9.49. The summed E-state index contributed by atoms with van der Waals surface area (Å²) in [6, 6.07) is 1.28. The molecule has 0 unspecified atom stereocenters. The van der Waals surface area contributed by atoms with Crippen molar-refractivity contribution in [2.75, 3.05) is 28.4 Å². The normalized spacial score (nSPS) is 9.80. The Labute approximate surface area is 116 Å². The zero-order valence-electron chi connectivity index (χ0n) is 11.7. The van der Waals surface area contributed by atoms with Crippen molar-refractivity contribution in [3.05, 3.63) is 17.2 Å². The molecule has 0 spiro atoms. The van der Waals surface area contributed by atoms with E-state index < -0.39 is 11.9 Å². The predicted molar refractivity (Wildman–Crippen MR) is 68.8 cm³/mol. The quantitative estimate of drug-likeness (QED) is 0.783. The van der Waals surface area contributed by atoms with E-state index in [1.165, 1.54) is 34.5 Å². The van der Waals surface area contributed by atoms with Gasteiger partial charge in [0.2, 0.25) is 5.75 Å². The molecule has 0 radical (unpaired) electrons. The molecule has 1 N–H and O–H groups in total. The molecule has 110 valence electrons. The molecule has 7 heteroatoms. The Balaban J connectivity index is 3.57. The molecule has 0 amide bonds. The third kappa shape index (κ3) is 2.93. The Morgan fingerprint density at radius 3 is 2.05 bits per heavy atom. The van der Waals surface area contributed by atoms with Crippen LogP contribution in [0.5, 0.6) is 17.2 Å². The van der Waals surface area contributed by atoms with Gasteiger partial charge in [0.1, 0.15) is 0 Å². The van der Waals surface area contributed by atoms with Crippen LogP contribution < -0.4 is 14.2 Å². The molecule has 0 aliphatic carbocycles. The number of carboxylic acids is 1. The van der Waals surface area contributed by atoms with Crippen LogP contribution in [-0.4, -0.2) is 45.5 Å². The van der Waals surface area contributed by atoms with Gasteiger partial charge in [-0.1, -0.05) is 0 Å². The number of carbonyl (C=O) groups is 2. The summed E-state index contributed by atoms with van der Waals surface area (Å²) in [5.74, 6) is -1.23. The van der Waals surface area contributed by atoms with Crippen LogP contribution in [0.3, 0.4) is 0 Å². The summed E-state index contributed by atoms with van der Waals surface area (Å²) < 4.78 is 20.0. The number of ether oxygens (including phenoxy) is 4. The van der Waals surface area contributed by atoms with E-state index in [0.717, 1.165) is 0 Å². The van der Waals surface area contributed by atoms with Crippen molar-refractivity contribution < 1.29 is 33.6 Å². The number of carbonyl (C=O) groups excluding carboxylic acids is 1. The van der Waals surface area contributed by atoms with E-state index in [1.807, 2.05) is 0 Å². The number of methoxy groups -OCH3 is 4. The van der Waals surface area contributed by atoms with Crippen LogP contribution in [0.1, 0.15) is 15.9 Å². The zero-order chi connectivity index (χ0) is 15.3. The molecule has 0 saturated heterocycles. The molecule has 7 nitrogen and oxygen atoms in total. The van der Waals surface area contributed by atoms with Gasteiger partial charge in [-0.2, -0.15) is 0 Å². The SMILES string of the molecule is COC(=O)Cc1c(C(=O)O)cc(OC)c(OC)c1OC. The van der Waals surface area contributed by atoms with E-state index >= 15 is 0 Å². The molecular formula is C13H16O7. The van der Waals surface area contributed by atoms with Crippen LogP contribution in [0.25, 0.3) is 0 Å². The molecule has 0 aliphatic rings. The average molecular weight is 284 g/mol. The molecule has 0 atom stereocenters. The van der Waals surface area contributed by atoms with Gasteiger partial charge < -0.3 is 24.1 Å². The number of carboxylic acid groups (broad SMARTS) is 1. The minimum atomic E-state index is -1.21. The minimum absolute atomic E-state index is 0.107. The number of hydrogen-bond acceptors (Lipinski definition) is 6. The first-order valence-corrected chi connectivity index (χ1v) is 5.62. The van der Waals surface area contributed by atoms with E-state index in [9.17, 15) is 14.7 Å². The van der Waals surface area contributed by atoms with Gasteiger partial charge in [-0.15, -0.1) is 0 Å². The van der Waals surface area contributed by atoms with Crippen molar-refractivity contribution in [1.29, 1.82) is 0 Å². The van der Waals surface area contributed by atoms with Gasteiger partial charge in [-0.3, -0.25) is 4.79 Å². The molecular weight excluding hydrogens is 268 g/mol. The lowest BCUT2D eigenvalue weighted by molar-refractivity contribution is -0.139. The van der Waals surface area contributed by atoms with Gasteiger partial charge >= 0.3 is 11.9 Å². The fraction of sp³-hybridized carbons (Fsp3) is 0.385. The van der Waals surface area contributed by atoms with Gasteiger partial charge in [0.15, 0.2) is 11.5 Å². The molecule has 0 fully saturated rings. The van der Waals surface area contributed by atoms with Crippen molar-refractivity contribution in [2.24, 2.45) is 0 Å². The van der Waals surface area contributed by atoms with E-state index in [4.69, 9.17) is 14.2 Å². The summed E-state index contributed by atoms with van der Waals surface area (Å²) in [5, 5.41) is 9.25. The summed E-state index contributed by atoms with van der Waals surface area (Å²) in [5.41, 5.74) is 0.0643. The second kappa shape index (κ2) is 6.65. The summed E-state index contributed by atoms with van der Waals surface area (Å²) in [7, 11) is 5.34. The molecule has 1 aromatic carbocycles. The fourth-order valence-electron chi connectivity index (χ4n) is 1.80. The maximum absolute atomic E-state index is 11.4. The van der Waals surface area contributed by atoms with Crippen molar-refractivity contribution in [2.45, 2.75) is 6.42 Å². The highest BCUT2D eigenvalue weighted by molar-refractivity contribution is 5.93.